The lowest BCUT2D eigenvalue weighted by molar-refractivity contribution is 0.107. The molecule has 0 aliphatic carbocycles. The van der Waals surface area contributed by atoms with Gasteiger partial charge in [0.25, 0.3) is 0 Å². The zero-order valence-corrected chi connectivity index (χ0v) is 11.1. The number of urea groups is 1. The number of rotatable bonds is 3. The lowest BCUT2D eigenvalue weighted by atomic mass is 10.3. The monoisotopic (exact) mass is 303 g/mol. The number of amides is 2. The summed E-state index contributed by atoms with van der Waals surface area (Å²) in [6.45, 7) is 0. The van der Waals surface area contributed by atoms with E-state index in [0.717, 1.165) is 15.0 Å². The highest BCUT2D eigenvalue weighted by Gasteiger charge is 2.07. The van der Waals surface area contributed by atoms with Gasteiger partial charge < -0.3 is 5.32 Å². The number of thiophene rings is 1. The van der Waals surface area contributed by atoms with Crippen LogP contribution in [0.2, 0.25) is 0 Å². The van der Waals surface area contributed by atoms with Gasteiger partial charge in [-0.15, -0.1) is 11.3 Å². The summed E-state index contributed by atoms with van der Waals surface area (Å²) < 4.78 is 0.879. The first-order valence-electron chi connectivity index (χ1n) is 4.33. The molecular formula is C9H10BrN3O2S. The molecule has 0 aliphatic rings. The molecule has 0 fully saturated rings. The molecule has 0 spiro atoms. The van der Waals surface area contributed by atoms with Crippen molar-refractivity contribution in [2.45, 2.75) is 0 Å². The van der Waals surface area contributed by atoms with Crippen molar-refractivity contribution in [2.75, 3.05) is 14.1 Å². The van der Waals surface area contributed by atoms with Crippen molar-refractivity contribution in [3.63, 3.8) is 0 Å². The first-order valence-corrected chi connectivity index (χ1v) is 5.94. The van der Waals surface area contributed by atoms with E-state index in [4.69, 9.17) is 0 Å². The van der Waals surface area contributed by atoms with Crippen LogP contribution in [0.4, 0.5) is 4.79 Å². The van der Waals surface area contributed by atoms with Crippen molar-refractivity contribution in [1.29, 1.82) is 0 Å². The second kappa shape index (κ2) is 5.76. The average Bonchev–Trinajstić information content (AvgIpc) is 2.71. The Labute approximate surface area is 105 Å². The third kappa shape index (κ3) is 3.42. The molecular weight excluding hydrogens is 294 g/mol. The molecule has 0 unspecified atom stereocenters. The fraction of sp³-hybridized carbons (Fsp3) is 0.222. The summed E-state index contributed by atoms with van der Waals surface area (Å²) in [7, 11) is 2.96. The highest BCUT2D eigenvalue weighted by molar-refractivity contribution is 9.11. The van der Waals surface area contributed by atoms with Gasteiger partial charge in [-0.2, -0.15) is 5.10 Å². The Morgan fingerprint density at radius 1 is 1.56 bits per heavy atom. The summed E-state index contributed by atoms with van der Waals surface area (Å²) in [6, 6.07) is 3.11. The van der Waals surface area contributed by atoms with Crippen LogP contribution in [-0.2, 0) is 0 Å². The van der Waals surface area contributed by atoms with E-state index >= 15 is 0 Å². The van der Waals surface area contributed by atoms with Crippen LogP contribution in [-0.4, -0.2) is 37.1 Å². The number of nitrogens with zero attached hydrogens (tertiary/aromatic N) is 2. The Balaban J connectivity index is 2.64. The highest BCUT2D eigenvalue weighted by atomic mass is 79.9. The first kappa shape index (κ1) is 12.9. The van der Waals surface area contributed by atoms with Crippen molar-refractivity contribution in [2.24, 2.45) is 5.10 Å². The highest BCUT2D eigenvalue weighted by Crippen LogP contribution is 2.21. The van der Waals surface area contributed by atoms with Gasteiger partial charge in [0.05, 0.1) is 14.9 Å². The Kier molecular flexibility index (Phi) is 4.63. The van der Waals surface area contributed by atoms with E-state index in [1.54, 1.807) is 12.1 Å². The van der Waals surface area contributed by atoms with Gasteiger partial charge in [0.2, 0.25) is 5.78 Å². The van der Waals surface area contributed by atoms with Crippen LogP contribution in [0.25, 0.3) is 0 Å². The minimum Gasteiger partial charge on any atom is -0.340 e. The number of hydrazone groups is 1. The minimum absolute atomic E-state index is 0.230. The Bertz CT molecular complexity index is 430. The molecule has 1 heterocycles. The summed E-state index contributed by atoms with van der Waals surface area (Å²) in [5, 5.41) is 7.16. The van der Waals surface area contributed by atoms with Gasteiger partial charge in [-0.1, -0.05) is 0 Å². The van der Waals surface area contributed by atoms with Crippen LogP contribution in [0.5, 0.6) is 0 Å². The summed E-state index contributed by atoms with van der Waals surface area (Å²) in [5.74, 6) is -0.230. The van der Waals surface area contributed by atoms with Crippen LogP contribution >= 0.6 is 27.3 Å². The number of Topliss-reactive ketones (excluding diaryl/α,β-unsaturated/α-hetero) is 1. The van der Waals surface area contributed by atoms with Gasteiger partial charge in [0.1, 0.15) is 0 Å². The van der Waals surface area contributed by atoms with Gasteiger partial charge in [-0.25, -0.2) is 9.80 Å². The zero-order valence-electron chi connectivity index (χ0n) is 8.73. The van der Waals surface area contributed by atoms with Crippen LogP contribution < -0.4 is 5.32 Å². The number of hydrogen-bond acceptors (Lipinski definition) is 4. The van der Waals surface area contributed by atoms with E-state index < -0.39 is 0 Å². The maximum atomic E-state index is 11.6. The molecule has 0 bridgehead atoms. The third-order valence-electron chi connectivity index (χ3n) is 1.67. The summed E-state index contributed by atoms with van der Waals surface area (Å²) in [4.78, 5) is 23.2. The normalized spacial score (nSPS) is 10.4. The molecule has 1 N–H and O–H groups in total. The standard InChI is InChI=1S/C9H10BrN3O2S/c1-11-9(15)13(2)12-5-6(14)7-3-4-8(10)16-7/h3-5H,1-2H3,(H,11,15)/b12-5+. The summed E-state index contributed by atoms with van der Waals surface area (Å²) in [5.41, 5.74) is 0. The van der Waals surface area contributed by atoms with Crippen LogP contribution in [0, 0.1) is 0 Å². The van der Waals surface area contributed by atoms with E-state index in [1.807, 2.05) is 0 Å². The van der Waals surface area contributed by atoms with Crippen LogP contribution in [0.1, 0.15) is 9.67 Å². The largest absolute Gasteiger partial charge is 0.340 e. The molecule has 86 valence electrons. The molecule has 2 amide bonds. The predicted molar refractivity (Wildman–Crippen MR) is 67.1 cm³/mol. The van der Waals surface area contributed by atoms with Crippen molar-refractivity contribution in [3.05, 3.63) is 20.8 Å². The molecule has 1 aromatic rings. The van der Waals surface area contributed by atoms with E-state index in [9.17, 15) is 9.59 Å². The molecule has 1 aromatic heterocycles. The van der Waals surface area contributed by atoms with E-state index in [0.29, 0.717) is 4.88 Å². The number of ketones is 1. The van der Waals surface area contributed by atoms with Crippen molar-refractivity contribution < 1.29 is 9.59 Å². The molecule has 16 heavy (non-hydrogen) atoms. The quantitative estimate of drug-likeness (QED) is 0.527. The van der Waals surface area contributed by atoms with E-state index in [1.165, 1.54) is 25.4 Å². The maximum Gasteiger partial charge on any atom is 0.337 e. The number of carbonyl (C=O) groups excluding carboxylic acids is 2. The fourth-order valence-corrected chi connectivity index (χ4v) is 2.15. The second-order valence-corrected chi connectivity index (χ2v) is 5.25. The lowest BCUT2D eigenvalue weighted by Crippen LogP contribution is -2.31. The van der Waals surface area contributed by atoms with Crippen LogP contribution in [0.15, 0.2) is 21.0 Å². The topological polar surface area (TPSA) is 61.8 Å². The molecule has 1 rings (SSSR count). The molecule has 0 aromatic carbocycles. The number of carbonyl (C=O) groups is 2. The first-order chi connectivity index (χ1) is 7.54. The molecule has 7 heteroatoms. The smallest absolute Gasteiger partial charge is 0.337 e. The Hall–Kier alpha value is -1.21. The van der Waals surface area contributed by atoms with Gasteiger partial charge in [-0.05, 0) is 28.1 Å². The van der Waals surface area contributed by atoms with Gasteiger partial charge in [0.15, 0.2) is 0 Å². The van der Waals surface area contributed by atoms with Gasteiger partial charge in [-0.3, -0.25) is 4.79 Å². The average molecular weight is 304 g/mol. The zero-order chi connectivity index (χ0) is 12.1. The van der Waals surface area contributed by atoms with Crippen molar-refractivity contribution >= 4 is 45.3 Å². The number of nitrogens with one attached hydrogen (secondary N) is 1. The van der Waals surface area contributed by atoms with Gasteiger partial charge in [0, 0.05) is 14.1 Å². The SMILES string of the molecule is CNC(=O)N(C)/N=C/C(=O)c1ccc(Br)s1. The van der Waals surface area contributed by atoms with E-state index in [2.05, 4.69) is 26.3 Å². The minimum atomic E-state index is -0.378. The molecule has 0 saturated carbocycles. The van der Waals surface area contributed by atoms with Gasteiger partial charge >= 0.3 is 6.03 Å². The second-order valence-electron chi connectivity index (χ2n) is 2.79. The molecule has 5 nitrogen and oxygen atoms in total. The molecule has 0 saturated heterocycles. The predicted octanol–water partition coefficient (Wildman–Crippen LogP) is 1.95. The summed E-state index contributed by atoms with van der Waals surface area (Å²) >= 11 is 4.58. The lowest BCUT2D eigenvalue weighted by Gasteiger charge is -2.08. The Morgan fingerprint density at radius 3 is 2.75 bits per heavy atom. The fourth-order valence-electron chi connectivity index (χ4n) is 0.864. The van der Waals surface area contributed by atoms with Crippen molar-refractivity contribution in [1.82, 2.24) is 10.3 Å². The maximum absolute atomic E-state index is 11.6. The van der Waals surface area contributed by atoms with E-state index in [-0.39, 0.29) is 11.8 Å². The molecule has 0 aliphatic heterocycles. The molecule has 0 radical (unpaired) electrons. The summed E-state index contributed by atoms with van der Waals surface area (Å²) in [6.07, 6.45) is 1.12. The van der Waals surface area contributed by atoms with Crippen LogP contribution in [0.3, 0.4) is 0 Å². The van der Waals surface area contributed by atoms with Crippen molar-refractivity contribution in [3.8, 4) is 0 Å². The third-order valence-corrected chi connectivity index (χ3v) is 3.31. The number of halogens is 1. The Morgan fingerprint density at radius 2 is 2.25 bits per heavy atom. The number of hydrogen-bond donors (Lipinski definition) is 1. The molecule has 0 atom stereocenters.